The Morgan fingerprint density at radius 2 is 2.00 bits per heavy atom. The van der Waals surface area contributed by atoms with Gasteiger partial charge < -0.3 is 5.11 Å². The standard InChI is InChI=1S/C9H10O2/c1-2-3-4-5-6-7-8-9(10)11/h1H,3-6H2,(H,10,11). The van der Waals surface area contributed by atoms with Gasteiger partial charge in [-0.3, -0.25) is 0 Å². The number of hydrogen-bond donors (Lipinski definition) is 1. The van der Waals surface area contributed by atoms with Gasteiger partial charge in [0.2, 0.25) is 0 Å². The van der Waals surface area contributed by atoms with Gasteiger partial charge in [-0.1, -0.05) is 5.92 Å². The molecule has 0 aromatic rings. The smallest absolute Gasteiger partial charge is 0.381 e. The third-order valence-corrected chi connectivity index (χ3v) is 1.07. The van der Waals surface area contributed by atoms with Gasteiger partial charge in [-0.15, -0.1) is 12.3 Å². The van der Waals surface area contributed by atoms with Crippen molar-refractivity contribution >= 4 is 5.97 Å². The van der Waals surface area contributed by atoms with Gasteiger partial charge in [-0.25, -0.2) is 4.79 Å². The lowest BCUT2D eigenvalue weighted by Crippen LogP contribution is -1.86. The first-order chi connectivity index (χ1) is 5.27. The van der Waals surface area contributed by atoms with Crippen LogP contribution in [0.1, 0.15) is 25.7 Å². The molecule has 0 aliphatic carbocycles. The highest BCUT2D eigenvalue weighted by Gasteiger charge is 1.84. The van der Waals surface area contributed by atoms with Crippen molar-refractivity contribution in [2.75, 3.05) is 0 Å². The number of unbranched alkanes of at least 4 members (excludes halogenated alkanes) is 3. The summed E-state index contributed by atoms with van der Waals surface area (Å²) in [6, 6.07) is 0. The fraction of sp³-hybridized carbons (Fsp3) is 0.444. The summed E-state index contributed by atoms with van der Waals surface area (Å²) >= 11 is 0. The minimum atomic E-state index is -1.07. The molecule has 0 heterocycles. The average molecular weight is 150 g/mol. The van der Waals surface area contributed by atoms with E-state index in [1.807, 2.05) is 5.92 Å². The molecule has 0 aromatic carbocycles. The summed E-state index contributed by atoms with van der Waals surface area (Å²) in [6.45, 7) is 0. The molecule has 0 radical (unpaired) electrons. The number of carboxylic acids is 1. The fourth-order valence-electron chi connectivity index (χ4n) is 0.579. The van der Waals surface area contributed by atoms with Crippen LogP contribution in [0.2, 0.25) is 0 Å². The van der Waals surface area contributed by atoms with E-state index in [2.05, 4.69) is 11.8 Å². The molecule has 0 bridgehead atoms. The highest BCUT2D eigenvalue weighted by atomic mass is 16.4. The summed E-state index contributed by atoms with van der Waals surface area (Å²) in [7, 11) is 0. The van der Waals surface area contributed by atoms with Crippen molar-refractivity contribution in [2.24, 2.45) is 0 Å². The Morgan fingerprint density at radius 1 is 1.36 bits per heavy atom. The van der Waals surface area contributed by atoms with E-state index in [4.69, 9.17) is 11.5 Å². The second kappa shape index (κ2) is 6.71. The molecule has 2 nitrogen and oxygen atoms in total. The van der Waals surface area contributed by atoms with Crippen LogP contribution in [0, 0.1) is 24.2 Å². The van der Waals surface area contributed by atoms with Crippen LogP contribution in [0.3, 0.4) is 0 Å². The maximum atomic E-state index is 9.88. The molecule has 58 valence electrons. The number of carbonyl (C=O) groups is 1. The number of carboxylic acid groups (broad SMARTS) is 1. The normalized spacial score (nSPS) is 7.55. The van der Waals surface area contributed by atoms with Crippen molar-refractivity contribution in [3.05, 3.63) is 0 Å². The SMILES string of the molecule is C#CCCCCC#CC(=O)O. The van der Waals surface area contributed by atoms with Gasteiger partial charge in [0.05, 0.1) is 0 Å². The molecule has 0 aliphatic heterocycles. The summed E-state index contributed by atoms with van der Waals surface area (Å²) in [5.41, 5.74) is 0. The predicted molar refractivity (Wildman–Crippen MR) is 42.7 cm³/mol. The van der Waals surface area contributed by atoms with Crippen molar-refractivity contribution in [1.29, 1.82) is 0 Å². The molecule has 0 aliphatic rings. The molecule has 0 aromatic heterocycles. The lowest BCUT2D eigenvalue weighted by Gasteiger charge is -1.86. The quantitative estimate of drug-likeness (QED) is 0.486. The van der Waals surface area contributed by atoms with Gasteiger partial charge in [0, 0.05) is 18.8 Å². The molecule has 0 fully saturated rings. The van der Waals surface area contributed by atoms with E-state index in [9.17, 15) is 4.79 Å². The minimum Gasteiger partial charge on any atom is -0.472 e. The lowest BCUT2D eigenvalue weighted by atomic mass is 10.2. The van der Waals surface area contributed by atoms with Gasteiger partial charge in [0.25, 0.3) is 0 Å². The summed E-state index contributed by atoms with van der Waals surface area (Å²) in [5.74, 6) is 6.00. The molecule has 0 atom stereocenters. The molecule has 0 spiro atoms. The van der Waals surface area contributed by atoms with Gasteiger partial charge in [-0.05, 0) is 12.8 Å². The molecular weight excluding hydrogens is 140 g/mol. The summed E-state index contributed by atoms with van der Waals surface area (Å²) in [5, 5.41) is 8.11. The van der Waals surface area contributed by atoms with Crippen LogP contribution in [0.5, 0.6) is 0 Å². The van der Waals surface area contributed by atoms with E-state index < -0.39 is 5.97 Å². The zero-order valence-corrected chi connectivity index (χ0v) is 6.26. The first-order valence-corrected chi connectivity index (χ1v) is 3.42. The number of terminal acetylenes is 1. The summed E-state index contributed by atoms with van der Waals surface area (Å²) < 4.78 is 0. The number of rotatable bonds is 3. The van der Waals surface area contributed by atoms with E-state index in [0.29, 0.717) is 6.42 Å². The van der Waals surface area contributed by atoms with Gasteiger partial charge >= 0.3 is 5.97 Å². The highest BCUT2D eigenvalue weighted by molar-refractivity contribution is 5.86. The van der Waals surface area contributed by atoms with Crippen LogP contribution < -0.4 is 0 Å². The summed E-state index contributed by atoms with van der Waals surface area (Å²) in [6.07, 6.45) is 8.18. The number of hydrogen-bond acceptors (Lipinski definition) is 1. The first-order valence-electron chi connectivity index (χ1n) is 3.42. The molecule has 1 N–H and O–H groups in total. The third-order valence-electron chi connectivity index (χ3n) is 1.07. The fourth-order valence-corrected chi connectivity index (χ4v) is 0.579. The topological polar surface area (TPSA) is 37.3 Å². The third kappa shape index (κ3) is 8.59. The predicted octanol–water partition coefficient (Wildman–Crippen LogP) is 1.27. The summed E-state index contributed by atoms with van der Waals surface area (Å²) in [4.78, 5) is 9.88. The van der Waals surface area contributed by atoms with Crippen molar-refractivity contribution in [3.8, 4) is 24.2 Å². The Bertz CT molecular complexity index is 212. The maximum Gasteiger partial charge on any atom is 0.381 e. The molecule has 2 heteroatoms. The second-order valence-corrected chi connectivity index (χ2v) is 2.02. The monoisotopic (exact) mass is 150 g/mol. The van der Waals surface area contributed by atoms with Crippen LogP contribution in [0.15, 0.2) is 0 Å². The van der Waals surface area contributed by atoms with Crippen LogP contribution in [0.4, 0.5) is 0 Å². The average Bonchev–Trinajstić information content (AvgIpc) is 1.96. The maximum absolute atomic E-state index is 9.88. The Balaban J connectivity index is 3.24. The number of aliphatic carboxylic acids is 1. The Morgan fingerprint density at radius 3 is 2.55 bits per heavy atom. The minimum absolute atomic E-state index is 0.619. The van der Waals surface area contributed by atoms with E-state index >= 15 is 0 Å². The molecule has 0 unspecified atom stereocenters. The largest absolute Gasteiger partial charge is 0.472 e. The Kier molecular flexibility index (Phi) is 5.85. The molecule has 0 rings (SSSR count). The molecule has 11 heavy (non-hydrogen) atoms. The van der Waals surface area contributed by atoms with Crippen LogP contribution in [-0.2, 0) is 4.79 Å². The van der Waals surface area contributed by atoms with E-state index in [0.717, 1.165) is 19.3 Å². The Hall–Kier alpha value is -1.41. The van der Waals surface area contributed by atoms with Gasteiger partial charge in [0.1, 0.15) is 0 Å². The molecule has 0 saturated heterocycles. The van der Waals surface area contributed by atoms with Crippen molar-refractivity contribution in [3.63, 3.8) is 0 Å². The van der Waals surface area contributed by atoms with E-state index in [1.54, 1.807) is 0 Å². The zero-order valence-electron chi connectivity index (χ0n) is 6.26. The van der Waals surface area contributed by atoms with Crippen molar-refractivity contribution < 1.29 is 9.90 Å². The lowest BCUT2D eigenvalue weighted by molar-refractivity contribution is -0.130. The second-order valence-electron chi connectivity index (χ2n) is 2.02. The van der Waals surface area contributed by atoms with Crippen molar-refractivity contribution in [1.82, 2.24) is 0 Å². The van der Waals surface area contributed by atoms with E-state index in [-0.39, 0.29) is 0 Å². The van der Waals surface area contributed by atoms with Crippen LogP contribution in [-0.4, -0.2) is 11.1 Å². The zero-order chi connectivity index (χ0) is 8.53. The molecule has 0 amide bonds. The van der Waals surface area contributed by atoms with Crippen LogP contribution >= 0.6 is 0 Å². The van der Waals surface area contributed by atoms with Crippen molar-refractivity contribution in [2.45, 2.75) is 25.7 Å². The molecule has 0 saturated carbocycles. The van der Waals surface area contributed by atoms with E-state index in [1.165, 1.54) is 0 Å². The Labute approximate surface area is 66.6 Å². The van der Waals surface area contributed by atoms with Gasteiger partial charge in [-0.2, -0.15) is 0 Å². The van der Waals surface area contributed by atoms with Crippen LogP contribution in [0.25, 0.3) is 0 Å². The molecular formula is C9H10O2. The first kappa shape index (κ1) is 9.59. The van der Waals surface area contributed by atoms with Gasteiger partial charge in [0.15, 0.2) is 0 Å². The highest BCUT2D eigenvalue weighted by Crippen LogP contribution is 1.96.